The Bertz CT molecular complexity index is 127. The van der Waals surface area contributed by atoms with Crippen molar-refractivity contribution in [2.75, 3.05) is 7.05 Å². The lowest BCUT2D eigenvalue weighted by Gasteiger charge is -1.96. The number of carbonyl (C=O) groups is 1. The summed E-state index contributed by atoms with van der Waals surface area (Å²) in [5.74, 6) is 0.0746. The molecule has 2 nitrogen and oxygen atoms in total. The average Bonchev–Trinajstić information content (AvgIpc) is 1.87. The summed E-state index contributed by atoms with van der Waals surface area (Å²) in [6, 6.07) is 0. The van der Waals surface area contributed by atoms with Crippen LogP contribution in [0.2, 0.25) is 0 Å². The monoisotopic (exact) mass is 127 g/mol. The SMILES string of the molecule is CC=C(C)CC(=O)NC. The Morgan fingerprint density at radius 3 is 2.56 bits per heavy atom. The lowest BCUT2D eigenvalue weighted by molar-refractivity contribution is -0.119. The van der Waals surface area contributed by atoms with Gasteiger partial charge in [-0.3, -0.25) is 4.79 Å². The number of carbonyl (C=O) groups excluding carboxylic acids is 1. The molecule has 0 rings (SSSR count). The van der Waals surface area contributed by atoms with E-state index in [9.17, 15) is 4.79 Å². The third kappa shape index (κ3) is 3.76. The van der Waals surface area contributed by atoms with Crippen LogP contribution >= 0.6 is 0 Å². The van der Waals surface area contributed by atoms with E-state index in [4.69, 9.17) is 0 Å². The molecule has 0 heterocycles. The van der Waals surface area contributed by atoms with Gasteiger partial charge >= 0.3 is 0 Å². The first kappa shape index (κ1) is 8.21. The Hall–Kier alpha value is -0.790. The summed E-state index contributed by atoms with van der Waals surface area (Å²) in [5, 5.41) is 2.55. The third-order valence-electron chi connectivity index (χ3n) is 1.21. The highest BCUT2D eigenvalue weighted by Crippen LogP contribution is 1.96. The molecule has 0 aromatic carbocycles. The summed E-state index contributed by atoms with van der Waals surface area (Å²) in [7, 11) is 1.64. The van der Waals surface area contributed by atoms with E-state index < -0.39 is 0 Å². The quantitative estimate of drug-likeness (QED) is 0.553. The zero-order valence-electron chi connectivity index (χ0n) is 6.19. The molecule has 0 radical (unpaired) electrons. The van der Waals surface area contributed by atoms with E-state index in [0.717, 1.165) is 5.57 Å². The molecule has 0 bridgehead atoms. The molecule has 0 saturated carbocycles. The number of hydrogen-bond donors (Lipinski definition) is 1. The van der Waals surface area contributed by atoms with Crippen molar-refractivity contribution < 1.29 is 4.79 Å². The lowest BCUT2D eigenvalue weighted by atomic mass is 10.2. The van der Waals surface area contributed by atoms with Gasteiger partial charge in [-0.05, 0) is 13.8 Å². The van der Waals surface area contributed by atoms with Crippen LogP contribution in [0.25, 0.3) is 0 Å². The molecule has 1 amide bonds. The predicted molar refractivity (Wildman–Crippen MR) is 38.1 cm³/mol. The van der Waals surface area contributed by atoms with Crippen LogP contribution in [-0.2, 0) is 4.79 Å². The standard InChI is InChI=1S/C7H13NO/c1-4-6(2)5-7(9)8-3/h4H,5H2,1-3H3,(H,8,9). The van der Waals surface area contributed by atoms with Gasteiger partial charge in [0.15, 0.2) is 0 Å². The van der Waals surface area contributed by atoms with Crippen LogP contribution in [0.5, 0.6) is 0 Å². The van der Waals surface area contributed by atoms with Gasteiger partial charge in [0.2, 0.25) is 5.91 Å². The average molecular weight is 127 g/mol. The molecule has 0 aliphatic heterocycles. The van der Waals surface area contributed by atoms with Gasteiger partial charge in [-0.1, -0.05) is 11.6 Å². The third-order valence-corrected chi connectivity index (χ3v) is 1.21. The lowest BCUT2D eigenvalue weighted by Crippen LogP contribution is -2.17. The largest absolute Gasteiger partial charge is 0.359 e. The second-order valence-corrected chi connectivity index (χ2v) is 1.98. The van der Waals surface area contributed by atoms with Gasteiger partial charge in [0.1, 0.15) is 0 Å². The summed E-state index contributed by atoms with van der Waals surface area (Å²) in [4.78, 5) is 10.6. The van der Waals surface area contributed by atoms with Crippen molar-refractivity contribution in [1.29, 1.82) is 0 Å². The van der Waals surface area contributed by atoms with Crippen molar-refractivity contribution in [2.24, 2.45) is 0 Å². The molecule has 0 aliphatic carbocycles. The van der Waals surface area contributed by atoms with Gasteiger partial charge in [-0.25, -0.2) is 0 Å². The molecule has 0 aromatic rings. The maximum Gasteiger partial charge on any atom is 0.223 e. The Morgan fingerprint density at radius 1 is 1.67 bits per heavy atom. The zero-order chi connectivity index (χ0) is 7.28. The van der Waals surface area contributed by atoms with Crippen molar-refractivity contribution in [2.45, 2.75) is 20.3 Å². The second kappa shape index (κ2) is 4.13. The Kier molecular flexibility index (Phi) is 3.76. The molecular formula is C7H13NO. The molecule has 0 atom stereocenters. The summed E-state index contributed by atoms with van der Waals surface area (Å²) >= 11 is 0. The van der Waals surface area contributed by atoms with Crippen molar-refractivity contribution >= 4 is 5.91 Å². The van der Waals surface area contributed by atoms with Gasteiger partial charge in [0.25, 0.3) is 0 Å². The number of rotatable bonds is 2. The smallest absolute Gasteiger partial charge is 0.223 e. The summed E-state index contributed by atoms with van der Waals surface area (Å²) in [6.45, 7) is 3.87. The minimum Gasteiger partial charge on any atom is -0.359 e. The summed E-state index contributed by atoms with van der Waals surface area (Å²) in [5.41, 5.74) is 1.11. The van der Waals surface area contributed by atoms with Gasteiger partial charge < -0.3 is 5.32 Å². The van der Waals surface area contributed by atoms with Crippen molar-refractivity contribution in [3.05, 3.63) is 11.6 Å². The number of allylic oxidation sites excluding steroid dienone is 1. The molecule has 0 aromatic heterocycles. The first-order chi connectivity index (χ1) is 4.20. The molecule has 0 unspecified atom stereocenters. The summed E-state index contributed by atoms with van der Waals surface area (Å²) in [6.07, 6.45) is 2.46. The van der Waals surface area contributed by atoms with Crippen molar-refractivity contribution in [3.8, 4) is 0 Å². The molecule has 2 heteroatoms. The van der Waals surface area contributed by atoms with E-state index in [1.807, 2.05) is 19.9 Å². The van der Waals surface area contributed by atoms with E-state index in [1.54, 1.807) is 7.05 Å². The van der Waals surface area contributed by atoms with E-state index in [-0.39, 0.29) is 5.91 Å². The molecule has 9 heavy (non-hydrogen) atoms. The first-order valence-electron chi connectivity index (χ1n) is 3.03. The second-order valence-electron chi connectivity index (χ2n) is 1.98. The van der Waals surface area contributed by atoms with Crippen LogP contribution in [0.15, 0.2) is 11.6 Å². The molecule has 0 fully saturated rings. The number of amides is 1. The fraction of sp³-hybridized carbons (Fsp3) is 0.571. The first-order valence-corrected chi connectivity index (χ1v) is 3.03. The molecule has 0 saturated heterocycles. The molecule has 0 spiro atoms. The number of nitrogens with one attached hydrogen (secondary N) is 1. The van der Waals surface area contributed by atoms with Crippen LogP contribution in [0, 0.1) is 0 Å². The molecule has 52 valence electrons. The van der Waals surface area contributed by atoms with Gasteiger partial charge in [-0.2, -0.15) is 0 Å². The molecule has 0 aliphatic rings. The highest BCUT2D eigenvalue weighted by Gasteiger charge is 1.95. The van der Waals surface area contributed by atoms with Crippen LogP contribution in [0.1, 0.15) is 20.3 Å². The number of hydrogen-bond acceptors (Lipinski definition) is 1. The zero-order valence-corrected chi connectivity index (χ0v) is 6.19. The Labute approximate surface area is 56.0 Å². The van der Waals surface area contributed by atoms with Crippen molar-refractivity contribution in [3.63, 3.8) is 0 Å². The highest BCUT2D eigenvalue weighted by atomic mass is 16.1. The Balaban J connectivity index is 3.60. The minimum absolute atomic E-state index is 0.0746. The maximum absolute atomic E-state index is 10.6. The van der Waals surface area contributed by atoms with E-state index in [0.29, 0.717) is 6.42 Å². The van der Waals surface area contributed by atoms with Crippen LogP contribution in [0.4, 0.5) is 0 Å². The fourth-order valence-electron chi connectivity index (χ4n) is 0.444. The van der Waals surface area contributed by atoms with E-state index >= 15 is 0 Å². The Morgan fingerprint density at radius 2 is 2.22 bits per heavy atom. The van der Waals surface area contributed by atoms with Crippen molar-refractivity contribution in [1.82, 2.24) is 5.32 Å². The maximum atomic E-state index is 10.6. The van der Waals surface area contributed by atoms with Gasteiger partial charge in [-0.15, -0.1) is 0 Å². The van der Waals surface area contributed by atoms with Crippen LogP contribution < -0.4 is 5.32 Å². The topological polar surface area (TPSA) is 29.1 Å². The van der Waals surface area contributed by atoms with E-state index in [2.05, 4.69) is 5.32 Å². The van der Waals surface area contributed by atoms with Crippen LogP contribution in [-0.4, -0.2) is 13.0 Å². The van der Waals surface area contributed by atoms with Crippen LogP contribution in [0.3, 0.4) is 0 Å². The van der Waals surface area contributed by atoms with Gasteiger partial charge in [0.05, 0.1) is 0 Å². The minimum atomic E-state index is 0.0746. The predicted octanol–water partition coefficient (Wildman–Crippen LogP) is 1.09. The highest BCUT2D eigenvalue weighted by molar-refractivity contribution is 5.77. The molecular weight excluding hydrogens is 114 g/mol. The molecule has 1 N–H and O–H groups in total. The normalized spacial score (nSPS) is 11.2. The summed E-state index contributed by atoms with van der Waals surface area (Å²) < 4.78 is 0. The van der Waals surface area contributed by atoms with Gasteiger partial charge in [0, 0.05) is 13.5 Å². The fourth-order valence-corrected chi connectivity index (χ4v) is 0.444. The van der Waals surface area contributed by atoms with E-state index in [1.165, 1.54) is 0 Å².